The summed E-state index contributed by atoms with van der Waals surface area (Å²) in [4.78, 5) is 25.1. The molecule has 6 nitrogen and oxygen atoms in total. The first kappa shape index (κ1) is 15.3. The molecule has 1 aromatic carbocycles. The molecule has 120 valence electrons. The second-order valence-corrected chi connectivity index (χ2v) is 5.99. The van der Waals surface area contributed by atoms with Crippen molar-refractivity contribution in [2.45, 2.75) is 20.3 Å². The van der Waals surface area contributed by atoms with E-state index in [1.807, 2.05) is 38.1 Å². The minimum atomic E-state index is -0.846. The molecule has 1 unspecified atom stereocenters. The van der Waals surface area contributed by atoms with Gasteiger partial charge >= 0.3 is 5.97 Å². The van der Waals surface area contributed by atoms with Crippen molar-refractivity contribution in [3.63, 3.8) is 0 Å². The van der Waals surface area contributed by atoms with Gasteiger partial charge < -0.3 is 10.0 Å². The number of likely N-dealkylation sites (tertiary alicyclic amines) is 1. The number of hydrogen-bond donors (Lipinski definition) is 1. The first-order valence-electron chi connectivity index (χ1n) is 7.61. The molecule has 1 N–H and O–H groups in total. The molecule has 0 aliphatic carbocycles. The number of hydrogen-bond acceptors (Lipinski definition) is 3. The lowest BCUT2D eigenvalue weighted by Crippen LogP contribution is -2.30. The van der Waals surface area contributed by atoms with Crippen LogP contribution < -0.4 is 0 Å². The van der Waals surface area contributed by atoms with Gasteiger partial charge in [0.15, 0.2) is 5.69 Å². The topological polar surface area (TPSA) is 75.4 Å². The molecular weight excluding hydrogens is 294 g/mol. The van der Waals surface area contributed by atoms with Crippen LogP contribution in [0.3, 0.4) is 0 Å². The van der Waals surface area contributed by atoms with Crippen LogP contribution >= 0.6 is 0 Å². The Hall–Kier alpha value is -2.63. The van der Waals surface area contributed by atoms with Gasteiger partial charge in [0.1, 0.15) is 0 Å². The van der Waals surface area contributed by atoms with E-state index in [0.717, 1.165) is 16.9 Å². The largest absolute Gasteiger partial charge is 0.481 e. The summed E-state index contributed by atoms with van der Waals surface area (Å²) >= 11 is 0. The fourth-order valence-corrected chi connectivity index (χ4v) is 2.83. The number of aryl methyl sites for hydroxylation is 2. The molecule has 0 saturated carbocycles. The highest BCUT2D eigenvalue weighted by atomic mass is 16.4. The number of carboxylic acids is 1. The fraction of sp³-hybridized carbons (Fsp3) is 0.353. The van der Waals surface area contributed by atoms with E-state index in [9.17, 15) is 9.59 Å². The summed E-state index contributed by atoms with van der Waals surface area (Å²) in [5, 5.41) is 13.4. The number of rotatable bonds is 3. The van der Waals surface area contributed by atoms with Crippen LogP contribution in [0.1, 0.15) is 28.2 Å². The Kier molecular flexibility index (Phi) is 3.90. The van der Waals surface area contributed by atoms with Crippen LogP contribution in [0.25, 0.3) is 5.69 Å². The highest BCUT2D eigenvalue weighted by Crippen LogP contribution is 2.20. The number of carbonyl (C=O) groups excluding carboxylic acids is 1. The van der Waals surface area contributed by atoms with Crippen LogP contribution in [0.4, 0.5) is 0 Å². The van der Waals surface area contributed by atoms with Crippen molar-refractivity contribution in [3.05, 3.63) is 47.3 Å². The summed E-state index contributed by atoms with van der Waals surface area (Å²) in [5.74, 6) is -1.52. The van der Waals surface area contributed by atoms with Gasteiger partial charge in [0.05, 0.1) is 11.6 Å². The Morgan fingerprint density at radius 3 is 2.52 bits per heavy atom. The monoisotopic (exact) mass is 313 g/mol. The van der Waals surface area contributed by atoms with E-state index in [2.05, 4.69) is 5.10 Å². The third-order valence-electron chi connectivity index (χ3n) is 4.21. The minimum Gasteiger partial charge on any atom is -0.481 e. The molecule has 23 heavy (non-hydrogen) atoms. The zero-order valence-electron chi connectivity index (χ0n) is 13.2. The van der Waals surface area contributed by atoms with E-state index in [0.29, 0.717) is 18.7 Å². The second kappa shape index (κ2) is 5.87. The van der Waals surface area contributed by atoms with E-state index in [4.69, 9.17) is 5.11 Å². The normalized spacial score (nSPS) is 17.5. The SMILES string of the molecule is Cc1ccc(-n2nc(C(=O)N3CCC(C(=O)O)C3)cc2C)cc1. The van der Waals surface area contributed by atoms with Gasteiger partial charge in [0.25, 0.3) is 5.91 Å². The highest BCUT2D eigenvalue weighted by Gasteiger charge is 2.32. The van der Waals surface area contributed by atoms with Gasteiger partial charge in [0, 0.05) is 18.8 Å². The van der Waals surface area contributed by atoms with Gasteiger partial charge in [-0.25, -0.2) is 4.68 Å². The van der Waals surface area contributed by atoms with Crippen LogP contribution in [0.2, 0.25) is 0 Å². The number of aromatic nitrogens is 2. The summed E-state index contributed by atoms with van der Waals surface area (Å²) in [7, 11) is 0. The predicted molar refractivity (Wildman–Crippen MR) is 84.7 cm³/mol. The van der Waals surface area contributed by atoms with Crippen molar-refractivity contribution < 1.29 is 14.7 Å². The highest BCUT2D eigenvalue weighted by molar-refractivity contribution is 5.93. The van der Waals surface area contributed by atoms with Crippen molar-refractivity contribution in [2.24, 2.45) is 5.92 Å². The summed E-state index contributed by atoms with van der Waals surface area (Å²) in [6.45, 7) is 4.63. The Bertz CT molecular complexity index is 749. The number of carboxylic acid groups (broad SMARTS) is 1. The Labute approximate surface area is 134 Å². The lowest BCUT2D eigenvalue weighted by atomic mass is 10.1. The molecule has 3 rings (SSSR count). The first-order chi connectivity index (χ1) is 11.0. The molecule has 0 spiro atoms. The molecule has 2 heterocycles. The van der Waals surface area contributed by atoms with E-state index in [1.54, 1.807) is 15.6 Å². The summed E-state index contributed by atoms with van der Waals surface area (Å²) in [5.41, 5.74) is 3.28. The molecule has 1 aliphatic rings. The maximum absolute atomic E-state index is 12.5. The molecular formula is C17H19N3O3. The maximum atomic E-state index is 12.5. The van der Waals surface area contributed by atoms with Crippen molar-refractivity contribution in [1.82, 2.24) is 14.7 Å². The lowest BCUT2D eigenvalue weighted by Gasteiger charge is -2.13. The Balaban J connectivity index is 1.82. The van der Waals surface area contributed by atoms with E-state index >= 15 is 0 Å². The van der Waals surface area contributed by atoms with Gasteiger partial charge in [-0.3, -0.25) is 9.59 Å². The van der Waals surface area contributed by atoms with Crippen molar-refractivity contribution >= 4 is 11.9 Å². The number of carbonyl (C=O) groups is 2. The second-order valence-electron chi connectivity index (χ2n) is 5.99. The van der Waals surface area contributed by atoms with E-state index < -0.39 is 11.9 Å². The molecule has 6 heteroatoms. The molecule has 1 aliphatic heterocycles. The van der Waals surface area contributed by atoms with Gasteiger partial charge in [0.2, 0.25) is 0 Å². The fourth-order valence-electron chi connectivity index (χ4n) is 2.83. The first-order valence-corrected chi connectivity index (χ1v) is 7.61. The molecule has 0 bridgehead atoms. The minimum absolute atomic E-state index is 0.206. The standard InChI is InChI=1S/C17H19N3O3/c1-11-3-5-14(6-4-11)20-12(2)9-15(18-20)16(21)19-8-7-13(10-19)17(22)23/h3-6,9,13H,7-8,10H2,1-2H3,(H,22,23). The Morgan fingerprint density at radius 1 is 1.22 bits per heavy atom. The molecule has 2 aromatic rings. The molecule has 1 atom stereocenters. The number of amides is 1. The molecule has 1 fully saturated rings. The maximum Gasteiger partial charge on any atom is 0.308 e. The van der Waals surface area contributed by atoms with E-state index in [-0.39, 0.29) is 12.5 Å². The van der Waals surface area contributed by atoms with Gasteiger partial charge in [-0.15, -0.1) is 0 Å². The molecule has 0 radical (unpaired) electrons. The van der Waals surface area contributed by atoms with Crippen LogP contribution in [0, 0.1) is 19.8 Å². The van der Waals surface area contributed by atoms with Gasteiger partial charge in [-0.05, 0) is 38.5 Å². The quantitative estimate of drug-likeness (QED) is 0.941. The number of aliphatic carboxylic acids is 1. The van der Waals surface area contributed by atoms with E-state index in [1.165, 1.54) is 0 Å². The predicted octanol–water partition coefficient (Wildman–Crippen LogP) is 2.04. The van der Waals surface area contributed by atoms with Crippen LogP contribution in [-0.4, -0.2) is 44.8 Å². The number of benzene rings is 1. The van der Waals surface area contributed by atoms with Crippen LogP contribution in [0.15, 0.2) is 30.3 Å². The Morgan fingerprint density at radius 2 is 1.91 bits per heavy atom. The van der Waals surface area contributed by atoms with Crippen molar-refractivity contribution in [2.75, 3.05) is 13.1 Å². The third-order valence-corrected chi connectivity index (χ3v) is 4.21. The average Bonchev–Trinajstić information content (AvgIpc) is 3.14. The summed E-state index contributed by atoms with van der Waals surface area (Å²) in [6, 6.07) is 9.65. The van der Waals surface area contributed by atoms with Gasteiger partial charge in [-0.1, -0.05) is 17.7 Å². The van der Waals surface area contributed by atoms with Crippen molar-refractivity contribution in [3.8, 4) is 5.69 Å². The summed E-state index contributed by atoms with van der Waals surface area (Å²) in [6.07, 6.45) is 0.499. The molecule has 1 amide bonds. The van der Waals surface area contributed by atoms with Crippen LogP contribution in [0.5, 0.6) is 0 Å². The zero-order chi connectivity index (χ0) is 16.6. The molecule has 1 saturated heterocycles. The summed E-state index contributed by atoms with van der Waals surface area (Å²) < 4.78 is 1.73. The number of nitrogens with zero attached hydrogens (tertiary/aromatic N) is 3. The lowest BCUT2D eigenvalue weighted by molar-refractivity contribution is -0.141. The zero-order valence-corrected chi connectivity index (χ0v) is 13.2. The average molecular weight is 313 g/mol. The molecule has 1 aromatic heterocycles. The van der Waals surface area contributed by atoms with Crippen LogP contribution in [-0.2, 0) is 4.79 Å². The van der Waals surface area contributed by atoms with Crippen molar-refractivity contribution in [1.29, 1.82) is 0 Å². The third kappa shape index (κ3) is 2.97. The van der Waals surface area contributed by atoms with Gasteiger partial charge in [-0.2, -0.15) is 5.10 Å². The smallest absolute Gasteiger partial charge is 0.308 e.